The van der Waals surface area contributed by atoms with E-state index in [9.17, 15) is 9.59 Å². The fraction of sp³-hybridized carbons (Fsp3) is 0.385. The summed E-state index contributed by atoms with van der Waals surface area (Å²) in [6.45, 7) is -0.0200. The molecule has 0 unspecified atom stereocenters. The summed E-state index contributed by atoms with van der Waals surface area (Å²) >= 11 is 1.01. The lowest BCUT2D eigenvalue weighted by molar-refractivity contribution is -0.133. The molecule has 0 aliphatic heterocycles. The first kappa shape index (κ1) is 17.1. The Morgan fingerprint density at radius 2 is 2.05 bits per heavy atom. The molecular weight excluding hydrogens is 298 g/mol. The van der Waals surface area contributed by atoms with Crippen LogP contribution in [0.1, 0.15) is 0 Å². The summed E-state index contributed by atoms with van der Waals surface area (Å²) < 4.78 is 10.4. The van der Waals surface area contributed by atoms with Crippen LogP contribution in [0.25, 0.3) is 0 Å². The van der Waals surface area contributed by atoms with Gasteiger partial charge in [0.15, 0.2) is 11.5 Å². The summed E-state index contributed by atoms with van der Waals surface area (Å²) in [7, 11) is 1.49. The molecule has 1 amide bonds. The summed E-state index contributed by atoms with van der Waals surface area (Å²) in [5, 5.41) is 19.9. The molecule has 0 heterocycles. The molecule has 1 rings (SSSR count). The number of hydrogen-bond acceptors (Lipinski definition) is 6. The third kappa shape index (κ3) is 6.37. The van der Waals surface area contributed by atoms with Crippen LogP contribution in [0.15, 0.2) is 18.2 Å². The van der Waals surface area contributed by atoms with E-state index in [1.807, 2.05) is 0 Å². The van der Waals surface area contributed by atoms with E-state index in [1.54, 1.807) is 18.2 Å². The van der Waals surface area contributed by atoms with Crippen molar-refractivity contribution in [1.82, 2.24) is 0 Å². The number of aliphatic hydroxyl groups is 1. The molecule has 116 valence electrons. The maximum absolute atomic E-state index is 11.6. The van der Waals surface area contributed by atoms with Crippen LogP contribution >= 0.6 is 11.8 Å². The Bertz CT molecular complexity index is 494. The van der Waals surface area contributed by atoms with Crippen molar-refractivity contribution in [2.75, 3.05) is 37.1 Å². The molecule has 0 saturated heterocycles. The Balaban J connectivity index is 2.61. The predicted octanol–water partition coefficient (Wildman–Crippen LogP) is 0.823. The summed E-state index contributed by atoms with van der Waals surface area (Å²) in [4.78, 5) is 22.0. The number of amides is 1. The van der Waals surface area contributed by atoms with Crippen molar-refractivity contribution in [2.24, 2.45) is 0 Å². The van der Waals surface area contributed by atoms with Crippen molar-refractivity contribution in [3.8, 4) is 11.5 Å². The molecule has 7 nitrogen and oxygen atoms in total. The van der Waals surface area contributed by atoms with E-state index in [-0.39, 0.29) is 30.6 Å². The van der Waals surface area contributed by atoms with Gasteiger partial charge >= 0.3 is 5.97 Å². The van der Waals surface area contributed by atoms with Gasteiger partial charge in [-0.25, -0.2) is 0 Å². The van der Waals surface area contributed by atoms with E-state index >= 15 is 0 Å². The van der Waals surface area contributed by atoms with Gasteiger partial charge in [-0.3, -0.25) is 9.59 Å². The number of rotatable bonds is 9. The van der Waals surface area contributed by atoms with Gasteiger partial charge in [-0.2, -0.15) is 0 Å². The largest absolute Gasteiger partial charge is 0.493 e. The second-order valence-corrected chi connectivity index (χ2v) is 4.86. The van der Waals surface area contributed by atoms with Gasteiger partial charge in [-0.1, -0.05) is 0 Å². The number of carboxylic acids is 1. The molecule has 0 aliphatic rings. The normalized spacial score (nSPS) is 10.0. The Morgan fingerprint density at radius 3 is 2.67 bits per heavy atom. The maximum atomic E-state index is 11.6. The smallest absolute Gasteiger partial charge is 0.313 e. The van der Waals surface area contributed by atoms with Crippen molar-refractivity contribution in [3.63, 3.8) is 0 Å². The highest BCUT2D eigenvalue weighted by Gasteiger charge is 2.09. The Hall–Kier alpha value is -1.93. The van der Waals surface area contributed by atoms with E-state index in [0.29, 0.717) is 17.2 Å². The quantitative estimate of drug-likeness (QED) is 0.619. The fourth-order valence-corrected chi connectivity index (χ4v) is 1.99. The zero-order valence-electron chi connectivity index (χ0n) is 11.5. The van der Waals surface area contributed by atoms with E-state index in [2.05, 4.69) is 5.32 Å². The second-order valence-electron chi connectivity index (χ2n) is 3.87. The first-order valence-corrected chi connectivity index (χ1v) is 7.23. The number of carbonyl (C=O) groups is 2. The highest BCUT2D eigenvalue weighted by molar-refractivity contribution is 8.00. The summed E-state index contributed by atoms with van der Waals surface area (Å²) in [6, 6.07) is 4.85. The maximum Gasteiger partial charge on any atom is 0.313 e. The highest BCUT2D eigenvalue weighted by Crippen LogP contribution is 2.30. The van der Waals surface area contributed by atoms with E-state index in [4.69, 9.17) is 19.7 Å². The molecule has 3 N–H and O–H groups in total. The minimum Gasteiger partial charge on any atom is -0.493 e. The fourth-order valence-electron chi connectivity index (χ4n) is 1.45. The molecule has 21 heavy (non-hydrogen) atoms. The number of nitrogens with one attached hydrogen (secondary N) is 1. The number of ether oxygens (including phenoxy) is 2. The molecule has 8 heteroatoms. The van der Waals surface area contributed by atoms with Crippen LogP contribution in [-0.4, -0.2) is 53.9 Å². The molecule has 0 spiro atoms. The Morgan fingerprint density at radius 1 is 1.29 bits per heavy atom. The highest BCUT2D eigenvalue weighted by atomic mass is 32.2. The van der Waals surface area contributed by atoms with Crippen LogP contribution in [0.2, 0.25) is 0 Å². The summed E-state index contributed by atoms with van der Waals surface area (Å²) in [6.07, 6.45) is 0. The van der Waals surface area contributed by atoms with E-state index in [1.165, 1.54) is 7.11 Å². The van der Waals surface area contributed by atoms with Gasteiger partial charge < -0.3 is 25.0 Å². The van der Waals surface area contributed by atoms with Crippen molar-refractivity contribution in [1.29, 1.82) is 0 Å². The first-order chi connectivity index (χ1) is 10.1. The van der Waals surface area contributed by atoms with Crippen LogP contribution < -0.4 is 14.8 Å². The van der Waals surface area contributed by atoms with Gasteiger partial charge in [-0.15, -0.1) is 11.8 Å². The van der Waals surface area contributed by atoms with Crippen molar-refractivity contribution >= 4 is 29.3 Å². The van der Waals surface area contributed by atoms with Crippen LogP contribution in [0.5, 0.6) is 11.5 Å². The monoisotopic (exact) mass is 315 g/mol. The molecular formula is C13H17NO6S. The van der Waals surface area contributed by atoms with Gasteiger partial charge in [0.05, 0.1) is 25.2 Å². The number of aliphatic hydroxyl groups excluding tert-OH is 1. The zero-order valence-corrected chi connectivity index (χ0v) is 12.3. The molecule has 0 aliphatic carbocycles. The van der Waals surface area contributed by atoms with Crippen LogP contribution in [-0.2, 0) is 9.59 Å². The van der Waals surface area contributed by atoms with Gasteiger partial charge in [0.25, 0.3) is 0 Å². The Kier molecular flexibility index (Phi) is 7.41. The predicted molar refractivity (Wildman–Crippen MR) is 79.2 cm³/mol. The second kappa shape index (κ2) is 9.09. The molecule has 0 atom stereocenters. The Labute approximate surface area is 126 Å². The molecule has 0 bridgehead atoms. The third-order valence-corrected chi connectivity index (χ3v) is 3.17. The molecule has 0 radical (unpaired) electrons. The van der Waals surface area contributed by atoms with Crippen LogP contribution in [0.4, 0.5) is 5.69 Å². The molecule has 1 aromatic carbocycles. The molecule has 1 aromatic rings. The summed E-state index contributed by atoms with van der Waals surface area (Å²) in [5.74, 6) is -0.452. The first-order valence-electron chi connectivity index (χ1n) is 6.08. The van der Waals surface area contributed by atoms with Gasteiger partial charge in [0, 0.05) is 11.8 Å². The molecule has 0 aromatic heterocycles. The third-order valence-electron chi connectivity index (χ3n) is 2.25. The zero-order chi connectivity index (χ0) is 15.7. The van der Waals surface area contributed by atoms with E-state index < -0.39 is 5.97 Å². The van der Waals surface area contributed by atoms with Crippen LogP contribution in [0.3, 0.4) is 0 Å². The number of carbonyl (C=O) groups excluding carboxylic acids is 1. The summed E-state index contributed by atoms with van der Waals surface area (Å²) in [5.41, 5.74) is 0.504. The molecule has 0 saturated carbocycles. The van der Waals surface area contributed by atoms with Crippen molar-refractivity contribution in [3.05, 3.63) is 18.2 Å². The standard InChI is InChI=1S/C13H17NO6S/c1-19-10-3-2-9(6-11(10)20-5-4-15)14-12(16)7-21-8-13(17)18/h2-3,6,15H,4-5,7-8H2,1H3,(H,14,16)(H,17,18). The average molecular weight is 315 g/mol. The molecule has 0 fully saturated rings. The lowest BCUT2D eigenvalue weighted by Gasteiger charge is -2.12. The topological polar surface area (TPSA) is 105 Å². The lowest BCUT2D eigenvalue weighted by Crippen LogP contribution is -2.15. The SMILES string of the molecule is COc1ccc(NC(=O)CSCC(=O)O)cc1OCCO. The number of methoxy groups -OCH3 is 1. The van der Waals surface area contributed by atoms with Crippen LogP contribution in [0, 0.1) is 0 Å². The van der Waals surface area contributed by atoms with E-state index in [0.717, 1.165) is 11.8 Å². The minimum atomic E-state index is -0.961. The van der Waals surface area contributed by atoms with Gasteiger partial charge in [0.1, 0.15) is 6.61 Å². The van der Waals surface area contributed by atoms with Crippen molar-refractivity contribution in [2.45, 2.75) is 0 Å². The number of aliphatic carboxylic acids is 1. The van der Waals surface area contributed by atoms with Gasteiger partial charge in [-0.05, 0) is 12.1 Å². The number of benzene rings is 1. The number of hydrogen-bond donors (Lipinski definition) is 3. The lowest BCUT2D eigenvalue weighted by atomic mass is 10.2. The minimum absolute atomic E-state index is 0.0468. The van der Waals surface area contributed by atoms with Crippen molar-refractivity contribution < 1.29 is 29.3 Å². The number of thioether (sulfide) groups is 1. The number of anilines is 1. The number of carboxylic acid groups (broad SMARTS) is 1. The van der Waals surface area contributed by atoms with Gasteiger partial charge in [0.2, 0.25) is 5.91 Å². The average Bonchev–Trinajstić information content (AvgIpc) is 2.44.